The van der Waals surface area contributed by atoms with Crippen LogP contribution in [0.3, 0.4) is 0 Å². The first-order valence-electron chi connectivity index (χ1n) is 13.4. The fraction of sp³-hybridized carbons (Fsp3) is 0.400. The molecular weight excluding hydrogens is 510 g/mol. The Balaban J connectivity index is 1.62. The first-order valence-corrected chi connectivity index (χ1v) is 13.4. The largest absolute Gasteiger partial charge is 0.508 e. The van der Waals surface area contributed by atoms with Crippen LogP contribution in [0.5, 0.6) is 17.2 Å². The molecule has 0 fully saturated rings. The number of phenolic OH excluding ortho intramolecular Hbond substituents is 2. The summed E-state index contributed by atoms with van der Waals surface area (Å²) < 4.78 is 7.10. The molecule has 2 aromatic carbocycles. The number of carbonyl (C=O) groups excluding carboxylic acids is 2. The van der Waals surface area contributed by atoms with Crippen molar-refractivity contribution in [2.24, 2.45) is 10.7 Å². The standard InChI is InChI=1S/C30H39N5O5/c1-32-29(31)34-30(14-16-35-17-15-33-21-35,20-23-6-9-24(36)10-7-23)13-3-4-25(37)19-26(38)11-5-22-8-12-27(39)28(18-22)40-2/h6-10,12,15,17-18,21,36,39H,3-5,11,13-14,16,19-20H2,1-2H3,(H3,31,32,34). The number of nitrogens with one attached hydrogen (secondary N) is 1. The Bertz CT molecular complexity index is 1270. The number of aromatic hydroxyl groups is 2. The second-order valence-electron chi connectivity index (χ2n) is 10.0. The molecule has 5 N–H and O–H groups in total. The highest BCUT2D eigenvalue weighted by atomic mass is 16.5. The number of hydrogen-bond acceptors (Lipinski definition) is 7. The van der Waals surface area contributed by atoms with Crippen LogP contribution < -0.4 is 15.8 Å². The zero-order valence-electron chi connectivity index (χ0n) is 23.2. The van der Waals surface area contributed by atoms with Gasteiger partial charge in [0.2, 0.25) is 0 Å². The Kier molecular flexibility index (Phi) is 11.1. The van der Waals surface area contributed by atoms with Crippen LogP contribution in [0.4, 0.5) is 0 Å². The van der Waals surface area contributed by atoms with Crippen molar-refractivity contribution in [3.8, 4) is 17.2 Å². The van der Waals surface area contributed by atoms with Crippen molar-refractivity contribution >= 4 is 17.5 Å². The van der Waals surface area contributed by atoms with E-state index >= 15 is 0 Å². The molecule has 0 aliphatic heterocycles. The number of methoxy groups -OCH3 is 1. The van der Waals surface area contributed by atoms with Crippen LogP contribution in [-0.2, 0) is 29.0 Å². The second kappa shape index (κ2) is 14.7. The maximum absolute atomic E-state index is 12.7. The molecule has 0 spiro atoms. The van der Waals surface area contributed by atoms with E-state index in [4.69, 9.17) is 10.5 Å². The molecule has 3 aromatic rings. The van der Waals surface area contributed by atoms with Crippen molar-refractivity contribution in [2.75, 3.05) is 14.2 Å². The van der Waals surface area contributed by atoms with Crippen molar-refractivity contribution in [3.05, 3.63) is 72.3 Å². The Morgan fingerprint density at radius 2 is 1.80 bits per heavy atom. The molecule has 1 aromatic heterocycles. The number of nitrogens with two attached hydrogens (primary N) is 1. The summed E-state index contributed by atoms with van der Waals surface area (Å²) in [6.07, 6.45) is 8.70. The number of rotatable bonds is 16. The van der Waals surface area contributed by atoms with E-state index in [1.807, 2.05) is 22.9 Å². The molecule has 1 heterocycles. The van der Waals surface area contributed by atoms with Crippen LogP contribution in [0.1, 0.15) is 49.7 Å². The highest BCUT2D eigenvalue weighted by Gasteiger charge is 2.31. The number of nitrogens with zero attached hydrogens (tertiary/aromatic N) is 3. The van der Waals surface area contributed by atoms with Gasteiger partial charge in [0.05, 0.1) is 19.9 Å². The van der Waals surface area contributed by atoms with Gasteiger partial charge in [0.25, 0.3) is 0 Å². The predicted molar refractivity (Wildman–Crippen MR) is 154 cm³/mol. The summed E-state index contributed by atoms with van der Waals surface area (Å²) >= 11 is 0. The fourth-order valence-corrected chi connectivity index (χ4v) is 4.75. The molecule has 3 rings (SSSR count). The SMILES string of the molecule is CN=C(N)NC(CCCC(=O)CC(=O)CCc1ccc(O)c(OC)c1)(CCn1ccnc1)Cc1ccc(O)cc1. The maximum atomic E-state index is 12.7. The first-order chi connectivity index (χ1) is 19.2. The van der Waals surface area contributed by atoms with E-state index in [0.29, 0.717) is 50.4 Å². The lowest BCUT2D eigenvalue weighted by Gasteiger charge is -2.36. The monoisotopic (exact) mass is 549 g/mol. The van der Waals surface area contributed by atoms with Crippen molar-refractivity contribution in [1.82, 2.24) is 14.9 Å². The van der Waals surface area contributed by atoms with E-state index in [-0.39, 0.29) is 42.3 Å². The minimum Gasteiger partial charge on any atom is -0.508 e. The number of aromatic nitrogens is 2. The summed E-state index contributed by atoms with van der Waals surface area (Å²) in [4.78, 5) is 33.5. The van der Waals surface area contributed by atoms with Gasteiger partial charge in [0, 0.05) is 44.4 Å². The van der Waals surface area contributed by atoms with Crippen molar-refractivity contribution in [3.63, 3.8) is 0 Å². The second-order valence-corrected chi connectivity index (χ2v) is 10.0. The number of guanidine groups is 1. The van der Waals surface area contributed by atoms with Crippen LogP contribution in [-0.4, -0.2) is 57.0 Å². The highest BCUT2D eigenvalue weighted by Crippen LogP contribution is 2.28. The highest BCUT2D eigenvalue weighted by molar-refractivity contribution is 5.99. The summed E-state index contributed by atoms with van der Waals surface area (Å²) in [5.41, 5.74) is 7.48. The first kappa shape index (κ1) is 30.2. The Hall–Kier alpha value is -4.34. The van der Waals surface area contributed by atoms with E-state index in [1.165, 1.54) is 13.2 Å². The number of Topliss-reactive ketones (excluding diaryl/α,β-unsaturated/α-hetero) is 2. The zero-order valence-corrected chi connectivity index (χ0v) is 23.2. The molecule has 1 atom stereocenters. The maximum Gasteiger partial charge on any atom is 0.188 e. The summed E-state index contributed by atoms with van der Waals surface area (Å²) in [6, 6.07) is 12.0. The van der Waals surface area contributed by atoms with E-state index in [1.54, 1.807) is 43.8 Å². The normalized spacial score (nSPS) is 13.0. The minimum atomic E-state index is -0.521. The Morgan fingerprint density at radius 1 is 1.07 bits per heavy atom. The van der Waals surface area contributed by atoms with Crippen molar-refractivity contribution in [1.29, 1.82) is 0 Å². The molecule has 0 amide bonds. The van der Waals surface area contributed by atoms with Gasteiger partial charge in [-0.2, -0.15) is 0 Å². The van der Waals surface area contributed by atoms with Crippen LogP contribution in [0.15, 0.2) is 66.2 Å². The Morgan fingerprint density at radius 3 is 2.48 bits per heavy atom. The molecule has 10 nitrogen and oxygen atoms in total. The van der Waals surface area contributed by atoms with Gasteiger partial charge in [-0.1, -0.05) is 18.2 Å². The molecular formula is C30H39N5O5. The van der Waals surface area contributed by atoms with Gasteiger partial charge in [-0.05, 0) is 67.5 Å². The third-order valence-corrected chi connectivity index (χ3v) is 6.96. The number of benzene rings is 2. The average molecular weight is 550 g/mol. The smallest absolute Gasteiger partial charge is 0.188 e. The molecule has 214 valence electrons. The van der Waals surface area contributed by atoms with Gasteiger partial charge in [-0.25, -0.2) is 4.98 Å². The number of imidazole rings is 1. The van der Waals surface area contributed by atoms with E-state index in [9.17, 15) is 19.8 Å². The van der Waals surface area contributed by atoms with Crippen LogP contribution in [0, 0.1) is 0 Å². The molecule has 0 radical (unpaired) electrons. The van der Waals surface area contributed by atoms with Crippen LogP contribution >= 0.6 is 0 Å². The van der Waals surface area contributed by atoms with Crippen LogP contribution in [0.2, 0.25) is 0 Å². The number of ether oxygens (including phenoxy) is 1. The summed E-state index contributed by atoms with van der Waals surface area (Å²) in [6.45, 7) is 0.677. The molecule has 40 heavy (non-hydrogen) atoms. The van der Waals surface area contributed by atoms with Gasteiger partial charge in [-0.15, -0.1) is 0 Å². The predicted octanol–water partition coefficient (Wildman–Crippen LogP) is 3.54. The quantitative estimate of drug-likeness (QED) is 0.120. The average Bonchev–Trinajstić information content (AvgIpc) is 3.46. The lowest BCUT2D eigenvalue weighted by atomic mass is 9.82. The van der Waals surface area contributed by atoms with Gasteiger partial charge >= 0.3 is 0 Å². The molecule has 0 aliphatic carbocycles. The van der Waals surface area contributed by atoms with E-state index in [2.05, 4.69) is 15.3 Å². The van der Waals surface area contributed by atoms with E-state index in [0.717, 1.165) is 11.1 Å². The molecule has 10 heteroatoms. The van der Waals surface area contributed by atoms with Gasteiger partial charge in [0.1, 0.15) is 17.3 Å². The lowest BCUT2D eigenvalue weighted by molar-refractivity contribution is -0.127. The number of hydrogen-bond donors (Lipinski definition) is 4. The fourth-order valence-electron chi connectivity index (χ4n) is 4.75. The van der Waals surface area contributed by atoms with Gasteiger partial charge < -0.3 is 30.6 Å². The summed E-state index contributed by atoms with van der Waals surface area (Å²) in [5, 5.41) is 22.9. The third-order valence-electron chi connectivity index (χ3n) is 6.96. The number of phenols is 2. The third kappa shape index (κ3) is 9.44. The Labute approximate surface area is 234 Å². The van der Waals surface area contributed by atoms with Crippen molar-refractivity contribution < 1.29 is 24.5 Å². The summed E-state index contributed by atoms with van der Waals surface area (Å²) in [7, 11) is 3.09. The number of carbonyl (C=O) groups is 2. The molecule has 0 saturated carbocycles. The van der Waals surface area contributed by atoms with E-state index < -0.39 is 5.54 Å². The zero-order chi connectivity index (χ0) is 29.0. The molecule has 0 saturated heterocycles. The lowest BCUT2D eigenvalue weighted by Crippen LogP contribution is -2.53. The minimum absolute atomic E-state index is 0.0423. The van der Waals surface area contributed by atoms with Crippen molar-refractivity contribution in [2.45, 2.75) is 63.5 Å². The number of aliphatic imine (C=N–C) groups is 1. The molecule has 0 bridgehead atoms. The number of ketones is 2. The number of aryl methyl sites for hydroxylation is 2. The summed E-state index contributed by atoms with van der Waals surface area (Å²) in [5.74, 6) is 0.673. The molecule has 1 unspecified atom stereocenters. The topological polar surface area (TPSA) is 152 Å². The van der Waals surface area contributed by atoms with Gasteiger partial charge in [0.15, 0.2) is 17.5 Å². The molecule has 0 aliphatic rings. The van der Waals surface area contributed by atoms with Crippen LogP contribution in [0.25, 0.3) is 0 Å². The van der Waals surface area contributed by atoms with Gasteiger partial charge in [-0.3, -0.25) is 14.6 Å².